The van der Waals surface area contributed by atoms with E-state index >= 15 is 0 Å². The van der Waals surface area contributed by atoms with E-state index in [0.717, 1.165) is 6.92 Å². The second kappa shape index (κ2) is 8.98. The molecule has 0 spiro atoms. The normalized spacial score (nSPS) is 10.4. The monoisotopic (exact) mass is 220 g/mol. The minimum atomic E-state index is -0.833. The average Bonchev–Trinajstić information content (AvgIpc) is 1.98. The van der Waals surface area contributed by atoms with E-state index in [9.17, 15) is 9.59 Å². The van der Waals surface area contributed by atoms with E-state index in [0.29, 0.717) is 0 Å². The molecule has 0 aliphatic heterocycles. The zero-order chi connectivity index (χ0) is 12.4. The molecule has 0 radical (unpaired) electrons. The highest BCUT2D eigenvalue weighted by Gasteiger charge is 2.06. The van der Waals surface area contributed by atoms with Crippen LogP contribution in [0, 0.1) is 0 Å². The van der Waals surface area contributed by atoms with Gasteiger partial charge in [0.2, 0.25) is 0 Å². The summed E-state index contributed by atoms with van der Waals surface area (Å²) < 4.78 is 9.27. The maximum atomic E-state index is 10.3. The summed E-state index contributed by atoms with van der Waals surface area (Å²) in [5.41, 5.74) is 0. The van der Waals surface area contributed by atoms with Crippen molar-refractivity contribution in [3.05, 3.63) is 0 Å². The predicted molar refractivity (Wildman–Crippen MR) is 51.2 cm³/mol. The number of rotatable bonds is 3. The first-order valence-electron chi connectivity index (χ1n) is 4.25. The van der Waals surface area contributed by atoms with E-state index in [1.54, 1.807) is 6.92 Å². The lowest BCUT2D eigenvalue weighted by Crippen LogP contribution is -2.19. The molecule has 0 aromatic rings. The highest BCUT2D eigenvalue weighted by Crippen LogP contribution is 1.92. The third-order valence-corrected chi connectivity index (χ3v) is 0.888. The molecule has 88 valence electrons. The molecule has 0 aromatic carbocycles. The molecule has 0 aliphatic carbocycles. The molecule has 0 bridgehead atoms. The lowest BCUT2D eigenvalue weighted by molar-refractivity contribution is -0.155. The van der Waals surface area contributed by atoms with E-state index in [1.807, 2.05) is 0 Å². The third-order valence-electron chi connectivity index (χ3n) is 0.888. The number of aliphatic carboxylic acids is 1. The summed E-state index contributed by atoms with van der Waals surface area (Å²) in [6.45, 7) is 5.48. The van der Waals surface area contributed by atoms with E-state index in [2.05, 4.69) is 9.47 Å². The standard InChI is InChI=1S/C7H12O4.C2H4O2/c1-5(11-7(3)9)4-10-6(2)8;1-2(3)4/h5H,4H2,1-3H3;1H3,(H,3,4). The summed E-state index contributed by atoms with van der Waals surface area (Å²) >= 11 is 0. The SMILES string of the molecule is CC(=O)O.CC(=O)OCC(C)OC(C)=O. The van der Waals surface area contributed by atoms with Gasteiger partial charge in [0.15, 0.2) is 0 Å². The molecule has 0 saturated carbocycles. The maximum absolute atomic E-state index is 10.3. The Bertz CT molecular complexity index is 219. The summed E-state index contributed by atoms with van der Waals surface area (Å²) in [5.74, 6) is -1.58. The summed E-state index contributed by atoms with van der Waals surface area (Å²) in [4.78, 5) is 29.6. The number of esters is 2. The van der Waals surface area contributed by atoms with Crippen LogP contribution in [0.1, 0.15) is 27.7 Å². The zero-order valence-electron chi connectivity index (χ0n) is 9.27. The zero-order valence-corrected chi connectivity index (χ0v) is 9.27. The van der Waals surface area contributed by atoms with Gasteiger partial charge in [0.25, 0.3) is 5.97 Å². The van der Waals surface area contributed by atoms with E-state index < -0.39 is 5.97 Å². The minimum Gasteiger partial charge on any atom is -0.481 e. The van der Waals surface area contributed by atoms with Gasteiger partial charge in [-0.3, -0.25) is 14.4 Å². The molecular weight excluding hydrogens is 204 g/mol. The van der Waals surface area contributed by atoms with Crippen molar-refractivity contribution in [3.8, 4) is 0 Å². The molecule has 0 amide bonds. The molecule has 0 aliphatic rings. The molecule has 6 nitrogen and oxygen atoms in total. The van der Waals surface area contributed by atoms with Gasteiger partial charge < -0.3 is 14.6 Å². The van der Waals surface area contributed by atoms with Crippen LogP contribution in [0.4, 0.5) is 0 Å². The Morgan fingerprint density at radius 3 is 1.80 bits per heavy atom. The fourth-order valence-electron chi connectivity index (χ4n) is 0.552. The second-order valence-electron chi connectivity index (χ2n) is 2.74. The van der Waals surface area contributed by atoms with Crippen LogP contribution < -0.4 is 0 Å². The van der Waals surface area contributed by atoms with Crippen LogP contribution in [0.5, 0.6) is 0 Å². The van der Waals surface area contributed by atoms with Crippen molar-refractivity contribution in [2.75, 3.05) is 6.61 Å². The van der Waals surface area contributed by atoms with Crippen molar-refractivity contribution < 1.29 is 29.0 Å². The molecule has 0 rings (SSSR count). The average molecular weight is 220 g/mol. The van der Waals surface area contributed by atoms with Crippen LogP contribution in [0.3, 0.4) is 0 Å². The molecule has 1 unspecified atom stereocenters. The van der Waals surface area contributed by atoms with Gasteiger partial charge in [-0.25, -0.2) is 0 Å². The Kier molecular flexibility index (Phi) is 9.50. The number of carbonyl (C=O) groups is 3. The van der Waals surface area contributed by atoms with Crippen molar-refractivity contribution in [1.82, 2.24) is 0 Å². The fraction of sp³-hybridized carbons (Fsp3) is 0.667. The summed E-state index contributed by atoms with van der Waals surface area (Å²) in [6, 6.07) is 0. The molecule has 6 heteroatoms. The highest BCUT2D eigenvalue weighted by atomic mass is 16.6. The number of hydrogen-bond acceptors (Lipinski definition) is 5. The first-order valence-corrected chi connectivity index (χ1v) is 4.25. The van der Waals surface area contributed by atoms with Gasteiger partial charge in [-0.2, -0.15) is 0 Å². The molecule has 0 aromatic heterocycles. The Labute approximate surface area is 88.2 Å². The van der Waals surface area contributed by atoms with Crippen LogP contribution in [-0.4, -0.2) is 35.7 Å². The fourth-order valence-corrected chi connectivity index (χ4v) is 0.552. The van der Waals surface area contributed by atoms with E-state index in [1.165, 1.54) is 13.8 Å². The molecular formula is C9H16O6. The number of carboxylic acid groups (broad SMARTS) is 1. The Morgan fingerprint density at radius 1 is 1.13 bits per heavy atom. The summed E-state index contributed by atoms with van der Waals surface area (Å²) in [6.07, 6.45) is -0.364. The molecule has 0 fully saturated rings. The molecule has 1 atom stereocenters. The second-order valence-corrected chi connectivity index (χ2v) is 2.74. The van der Waals surface area contributed by atoms with Gasteiger partial charge >= 0.3 is 11.9 Å². The Balaban J connectivity index is 0. The largest absolute Gasteiger partial charge is 0.481 e. The van der Waals surface area contributed by atoms with Gasteiger partial charge in [-0.15, -0.1) is 0 Å². The summed E-state index contributed by atoms with van der Waals surface area (Å²) in [5, 5.41) is 7.42. The minimum absolute atomic E-state index is 0.120. The number of hydrogen-bond donors (Lipinski definition) is 1. The number of ether oxygens (including phenoxy) is 2. The lowest BCUT2D eigenvalue weighted by atomic mass is 10.4. The molecule has 0 heterocycles. The third kappa shape index (κ3) is 24.5. The van der Waals surface area contributed by atoms with Gasteiger partial charge in [0.1, 0.15) is 12.7 Å². The molecule has 0 saturated heterocycles. The van der Waals surface area contributed by atoms with Crippen LogP contribution in [0.15, 0.2) is 0 Å². The topological polar surface area (TPSA) is 89.9 Å². The van der Waals surface area contributed by atoms with Gasteiger partial charge in [0.05, 0.1) is 0 Å². The van der Waals surface area contributed by atoms with Gasteiger partial charge in [-0.1, -0.05) is 0 Å². The molecule has 15 heavy (non-hydrogen) atoms. The predicted octanol–water partition coefficient (Wildman–Crippen LogP) is 0.592. The first kappa shape index (κ1) is 15.9. The quantitative estimate of drug-likeness (QED) is 0.700. The van der Waals surface area contributed by atoms with Crippen LogP contribution >= 0.6 is 0 Å². The van der Waals surface area contributed by atoms with Crippen molar-refractivity contribution in [2.45, 2.75) is 33.8 Å². The Hall–Kier alpha value is -1.59. The van der Waals surface area contributed by atoms with Crippen molar-refractivity contribution >= 4 is 17.9 Å². The van der Waals surface area contributed by atoms with E-state index in [4.69, 9.17) is 9.90 Å². The smallest absolute Gasteiger partial charge is 0.303 e. The van der Waals surface area contributed by atoms with Crippen LogP contribution in [-0.2, 0) is 23.9 Å². The van der Waals surface area contributed by atoms with Crippen LogP contribution in [0.25, 0.3) is 0 Å². The van der Waals surface area contributed by atoms with Crippen molar-refractivity contribution in [1.29, 1.82) is 0 Å². The maximum Gasteiger partial charge on any atom is 0.303 e. The van der Waals surface area contributed by atoms with Gasteiger partial charge in [0, 0.05) is 20.8 Å². The van der Waals surface area contributed by atoms with Crippen LogP contribution in [0.2, 0.25) is 0 Å². The van der Waals surface area contributed by atoms with E-state index in [-0.39, 0.29) is 24.6 Å². The van der Waals surface area contributed by atoms with Crippen molar-refractivity contribution in [3.63, 3.8) is 0 Å². The first-order chi connectivity index (χ1) is 6.75. The highest BCUT2D eigenvalue weighted by molar-refractivity contribution is 5.67. The lowest BCUT2D eigenvalue weighted by Gasteiger charge is -2.10. The van der Waals surface area contributed by atoms with Crippen molar-refractivity contribution in [2.24, 2.45) is 0 Å². The number of carboxylic acids is 1. The van der Waals surface area contributed by atoms with Gasteiger partial charge in [-0.05, 0) is 6.92 Å². The Morgan fingerprint density at radius 2 is 1.53 bits per heavy atom. The summed E-state index contributed by atoms with van der Waals surface area (Å²) in [7, 11) is 0. The number of carbonyl (C=O) groups excluding carboxylic acids is 2. The molecule has 1 N–H and O–H groups in total.